The fourth-order valence-electron chi connectivity index (χ4n) is 3.65. The molecule has 152 valence electrons. The van der Waals surface area contributed by atoms with Crippen LogP contribution in [0.15, 0.2) is 78.9 Å². The molecule has 0 unspecified atom stereocenters. The van der Waals surface area contributed by atoms with Crippen molar-refractivity contribution in [2.24, 2.45) is 0 Å². The Morgan fingerprint density at radius 1 is 0.900 bits per heavy atom. The van der Waals surface area contributed by atoms with Crippen LogP contribution in [0.2, 0.25) is 10.0 Å². The number of rotatable bonds is 6. The molecule has 1 aliphatic heterocycles. The van der Waals surface area contributed by atoms with Crippen molar-refractivity contribution in [3.63, 3.8) is 0 Å². The molecule has 3 aromatic carbocycles. The Labute approximate surface area is 185 Å². The van der Waals surface area contributed by atoms with Crippen LogP contribution >= 0.6 is 23.2 Å². The molecule has 1 aliphatic rings. The van der Waals surface area contributed by atoms with Crippen molar-refractivity contribution in [3.8, 4) is 0 Å². The third-order valence-corrected chi connectivity index (χ3v) is 5.82. The first-order valence-corrected chi connectivity index (χ1v) is 10.4. The molecule has 1 N–H and O–H groups in total. The van der Waals surface area contributed by atoms with Crippen LogP contribution in [0.3, 0.4) is 0 Å². The van der Waals surface area contributed by atoms with Gasteiger partial charge >= 0.3 is 0 Å². The maximum Gasteiger partial charge on any atom is 0.248 e. The molecular formula is C24H20Cl2N2O2. The van der Waals surface area contributed by atoms with E-state index in [1.165, 1.54) is 0 Å². The van der Waals surface area contributed by atoms with E-state index in [-0.39, 0.29) is 17.9 Å². The highest BCUT2D eigenvalue weighted by atomic mass is 35.5. The molecule has 4 rings (SSSR count). The quantitative estimate of drug-likeness (QED) is 0.539. The molecule has 0 aromatic heterocycles. The van der Waals surface area contributed by atoms with Gasteiger partial charge in [0.05, 0.1) is 6.04 Å². The average molecular weight is 439 g/mol. The van der Waals surface area contributed by atoms with Crippen molar-refractivity contribution in [2.45, 2.75) is 18.5 Å². The summed E-state index contributed by atoms with van der Waals surface area (Å²) in [6.07, 6.45) is 0.426. The van der Waals surface area contributed by atoms with Gasteiger partial charge in [0.25, 0.3) is 0 Å². The van der Waals surface area contributed by atoms with Crippen LogP contribution in [0, 0.1) is 0 Å². The lowest BCUT2D eigenvalue weighted by atomic mass is 9.96. The molecule has 1 fully saturated rings. The lowest BCUT2D eigenvalue weighted by Crippen LogP contribution is -2.51. The minimum atomic E-state index is -0.814. The number of carbonyl (C=O) groups excluding carboxylic acids is 2. The van der Waals surface area contributed by atoms with Gasteiger partial charge in [-0.25, -0.2) is 0 Å². The van der Waals surface area contributed by atoms with Crippen molar-refractivity contribution in [1.82, 2.24) is 10.2 Å². The molecule has 0 radical (unpaired) electrons. The van der Waals surface area contributed by atoms with Crippen LogP contribution < -0.4 is 5.32 Å². The Bertz CT molecular complexity index is 1020. The largest absolute Gasteiger partial charge is 0.343 e. The number of amides is 2. The predicted octanol–water partition coefficient (Wildman–Crippen LogP) is 5.17. The molecule has 1 heterocycles. The SMILES string of the molecule is O=C(NC(c1ccccc1)c1ccccc1)[C@@H](c1ccc(Cl)cc1Cl)N1CCC1=O. The topological polar surface area (TPSA) is 49.4 Å². The van der Waals surface area contributed by atoms with Gasteiger partial charge in [0.1, 0.15) is 6.04 Å². The predicted molar refractivity (Wildman–Crippen MR) is 118 cm³/mol. The summed E-state index contributed by atoms with van der Waals surface area (Å²) in [6.45, 7) is 0.511. The van der Waals surface area contributed by atoms with Crippen molar-refractivity contribution in [3.05, 3.63) is 106 Å². The summed E-state index contributed by atoms with van der Waals surface area (Å²) in [7, 11) is 0. The number of β-lactam (4-membered cyclic amide) rings is 1. The van der Waals surface area contributed by atoms with E-state index in [2.05, 4.69) is 5.32 Å². The summed E-state index contributed by atoms with van der Waals surface area (Å²) in [5, 5.41) is 3.97. The molecule has 1 saturated heterocycles. The molecule has 30 heavy (non-hydrogen) atoms. The van der Waals surface area contributed by atoms with Crippen LogP contribution in [0.4, 0.5) is 0 Å². The van der Waals surface area contributed by atoms with E-state index in [9.17, 15) is 9.59 Å². The number of halogens is 2. The Morgan fingerprint density at radius 2 is 1.50 bits per heavy atom. The van der Waals surface area contributed by atoms with Gasteiger partial charge in [-0.3, -0.25) is 9.59 Å². The Kier molecular flexibility index (Phi) is 6.07. The van der Waals surface area contributed by atoms with Crippen LogP contribution in [0.5, 0.6) is 0 Å². The lowest BCUT2D eigenvalue weighted by molar-refractivity contribution is -0.149. The van der Waals surface area contributed by atoms with Crippen LogP contribution in [-0.2, 0) is 9.59 Å². The van der Waals surface area contributed by atoms with Gasteiger partial charge < -0.3 is 10.2 Å². The Hall–Kier alpha value is -2.82. The Morgan fingerprint density at radius 3 is 1.97 bits per heavy atom. The maximum absolute atomic E-state index is 13.5. The summed E-state index contributed by atoms with van der Waals surface area (Å²) >= 11 is 12.4. The van der Waals surface area contributed by atoms with Crippen LogP contribution in [-0.4, -0.2) is 23.3 Å². The molecule has 1 atom stereocenters. The van der Waals surface area contributed by atoms with Crippen molar-refractivity contribution >= 4 is 35.0 Å². The average Bonchev–Trinajstić information content (AvgIpc) is 2.76. The van der Waals surface area contributed by atoms with Gasteiger partial charge in [-0.1, -0.05) is 89.9 Å². The normalized spacial score (nSPS) is 14.4. The highest BCUT2D eigenvalue weighted by molar-refractivity contribution is 6.35. The zero-order valence-corrected chi connectivity index (χ0v) is 17.6. The van der Waals surface area contributed by atoms with E-state index in [4.69, 9.17) is 23.2 Å². The van der Waals surface area contributed by atoms with E-state index < -0.39 is 6.04 Å². The summed E-state index contributed by atoms with van der Waals surface area (Å²) in [5.41, 5.74) is 2.47. The first-order valence-electron chi connectivity index (χ1n) is 9.69. The number of hydrogen-bond donors (Lipinski definition) is 1. The first kappa shape index (κ1) is 20.5. The van der Waals surface area contributed by atoms with E-state index >= 15 is 0 Å². The highest BCUT2D eigenvalue weighted by Crippen LogP contribution is 2.34. The van der Waals surface area contributed by atoms with Gasteiger partial charge in [-0.15, -0.1) is 0 Å². The summed E-state index contributed by atoms with van der Waals surface area (Å²) < 4.78 is 0. The van der Waals surface area contributed by atoms with Crippen molar-refractivity contribution < 1.29 is 9.59 Å². The second kappa shape index (κ2) is 8.90. The number of hydrogen-bond acceptors (Lipinski definition) is 2. The van der Waals surface area contributed by atoms with E-state index in [0.717, 1.165) is 11.1 Å². The van der Waals surface area contributed by atoms with E-state index in [1.54, 1.807) is 23.1 Å². The molecule has 3 aromatic rings. The van der Waals surface area contributed by atoms with Gasteiger partial charge in [-0.05, 0) is 23.3 Å². The number of nitrogens with one attached hydrogen (secondary N) is 1. The van der Waals surface area contributed by atoms with Crippen molar-refractivity contribution in [1.29, 1.82) is 0 Å². The summed E-state index contributed by atoms with van der Waals surface area (Å²) in [5.74, 6) is -0.359. The van der Waals surface area contributed by atoms with Gasteiger partial charge in [0.15, 0.2) is 0 Å². The molecule has 0 aliphatic carbocycles. The fraction of sp³-hybridized carbons (Fsp3) is 0.167. The number of carbonyl (C=O) groups is 2. The molecule has 0 bridgehead atoms. The van der Waals surface area contributed by atoms with Crippen LogP contribution in [0.25, 0.3) is 0 Å². The second-order valence-electron chi connectivity index (χ2n) is 7.17. The van der Waals surface area contributed by atoms with E-state index in [1.807, 2.05) is 60.7 Å². The maximum atomic E-state index is 13.5. The summed E-state index contributed by atoms with van der Waals surface area (Å²) in [4.78, 5) is 27.3. The Balaban J connectivity index is 1.70. The first-order chi connectivity index (χ1) is 14.5. The number of likely N-dealkylation sites (tertiary alicyclic amines) is 1. The number of nitrogens with zero attached hydrogens (tertiary/aromatic N) is 1. The van der Waals surface area contributed by atoms with Crippen molar-refractivity contribution in [2.75, 3.05) is 6.54 Å². The zero-order valence-electron chi connectivity index (χ0n) is 16.1. The smallest absolute Gasteiger partial charge is 0.248 e. The third kappa shape index (κ3) is 4.20. The zero-order chi connectivity index (χ0) is 21.1. The molecule has 6 heteroatoms. The second-order valence-corrected chi connectivity index (χ2v) is 8.01. The fourth-order valence-corrected chi connectivity index (χ4v) is 4.16. The van der Waals surface area contributed by atoms with Gasteiger partial charge in [0, 0.05) is 28.6 Å². The highest BCUT2D eigenvalue weighted by Gasteiger charge is 2.38. The molecular weight excluding hydrogens is 419 g/mol. The van der Waals surface area contributed by atoms with Gasteiger partial charge in [0.2, 0.25) is 11.8 Å². The molecule has 0 saturated carbocycles. The minimum absolute atomic E-state index is 0.0721. The van der Waals surface area contributed by atoms with Crippen LogP contribution in [0.1, 0.15) is 35.2 Å². The monoisotopic (exact) mass is 438 g/mol. The summed E-state index contributed by atoms with van der Waals surface area (Å²) in [6, 6.07) is 23.3. The standard InChI is InChI=1S/C24H20Cl2N2O2/c25-18-11-12-19(20(26)15-18)23(28-14-13-21(28)29)24(30)27-22(16-7-3-1-4-8-16)17-9-5-2-6-10-17/h1-12,15,22-23H,13-14H2,(H,27,30)/t23-/m1/s1. The van der Waals surface area contributed by atoms with Gasteiger partial charge in [-0.2, -0.15) is 0 Å². The lowest BCUT2D eigenvalue weighted by Gasteiger charge is -2.38. The third-order valence-electron chi connectivity index (χ3n) is 5.26. The molecule has 0 spiro atoms. The molecule has 4 nitrogen and oxygen atoms in total. The minimum Gasteiger partial charge on any atom is -0.343 e. The number of benzene rings is 3. The molecule has 2 amide bonds. The van der Waals surface area contributed by atoms with E-state index in [0.29, 0.717) is 28.6 Å².